The quantitative estimate of drug-likeness (QED) is 0.383. The van der Waals surface area contributed by atoms with E-state index in [0.717, 1.165) is 47.3 Å². The zero-order chi connectivity index (χ0) is 22.0. The molecule has 0 N–H and O–H groups in total. The van der Waals surface area contributed by atoms with Gasteiger partial charge in [0.05, 0.1) is 0 Å². The van der Waals surface area contributed by atoms with E-state index >= 15 is 0 Å². The Morgan fingerprint density at radius 3 is 2.16 bits per heavy atom. The highest BCUT2D eigenvalue weighted by Crippen LogP contribution is 2.29. The molecule has 0 radical (unpaired) electrons. The summed E-state index contributed by atoms with van der Waals surface area (Å²) < 4.78 is 41.7. The van der Waals surface area contributed by atoms with Crippen LogP contribution in [0.2, 0.25) is 5.02 Å². The number of rotatable bonds is 5. The molecule has 0 saturated heterocycles. The van der Waals surface area contributed by atoms with Gasteiger partial charge in [-0.2, -0.15) is 0 Å². The van der Waals surface area contributed by atoms with E-state index in [4.69, 9.17) is 11.6 Å². The minimum atomic E-state index is -1.11. The van der Waals surface area contributed by atoms with E-state index in [0.29, 0.717) is 13.0 Å². The van der Waals surface area contributed by atoms with Gasteiger partial charge in [0.15, 0.2) is 11.6 Å². The van der Waals surface area contributed by atoms with E-state index in [-0.39, 0.29) is 11.1 Å². The molecule has 0 saturated carbocycles. The molecule has 3 aromatic rings. The van der Waals surface area contributed by atoms with Crippen molar-refractivity contribution in [2.24, 2.45) is 0 Å². The smallest absolute Gasteiger partial charge is 0.164 e. The molecule has 1 heterocycles. The number of hydrogen-bond donors (Lipinski definition) is 0. The van der Waals surface area contributed by atoms with Crippen molar-refractivity contribution in [2.75, 3.05) is 19.6 Å². The van der Waals surface area contributed by atoms with Crippen molar-refractivity contribution in [1.82, 2.24) is 4.90 Å². The molecule has 1 aliphatic rings. The summed E-state index contributed by atoms with van der Waals surface area (Å²) in [5.74, 6) is -2.78. The van der Waals surface area contributed by atoms with Gasteiger partial charge in [-0.25, -0.2) is 13.2 Å². The fourth-order valence-electron chi connectivity index (χ4n) is 3.92. The highest BCUT2D eigenvalue weighted by atomic mass is 35.5. The summed E-state index contributed by atoms with van der Waals surface area (Å²) in [6.45, 7) is 3.57. The molecule has 0 amide bonds. The lowest BCUT2D eigenvalue weighted by molar-refractivity contribution is 0.305. The van der Waals surface area contributed by atoms with Crippen molar-refractivity contribution in [1.29, 1.82) is 0 Å². The van der Waals surface area contributed by atoms with E-state index in [1.54, 1.807) is 0 Å². The molecule has 0 unspecified atom stereocenters. The molecule has 0 fully saturated rings. The third kappa shape index (κ3) is 4.86. The van der Waals surface area contributed by atoms with Crippen molar-refractivity contribution >= 4 is 17.2 Å². The molecule has 0 atom stereocenters. The summed E-state index contributed by atoms with van der Waals surface area (Å²) in [6.07, 6.45) is 3.43. The van der Waals surface area contributed by atoms with Crippen molar-refractivity contribution in [3.05, 3.63) is 99.8 Å². The fourth-order valence-corrected chi connectivity index (χ4v) is 4.04. The molecule has 5 heteroatoms. The minimum Gasteiger partial charge on any atom is -0.299 e. The molecule has 31 heavy (non-hydrogen) atoms. The number of nitrogens with zero attached hydrogens (tertiary/aromatic N) is 1. The van der Waals surface area contributed by atoms with E-state index < -0.39 is 17.5 Å². The van der Waals surface area contributed by atoms with Crippen LogP contribution in [0, 0.1) is 24.4 Å². The molecule has 0 aromatic heterocycles. The number of benzene rings is 3. The SMILES string of the molecule is Cc1c(F)c(F)cc(C2=CCN(CCc3ccc(-c4ccc(Cl)cc4)cc3)CC2)c1F. The summed E-state index contributed by atoms with van der Waals surface area (Å²) in [4.78, 5) is 2.28. The fraction of sp³-hybridized carbons (Fsp3) is 0.231. The first kappa shape index (κ1) is 21.7. The Kier molecular flexibility index (Phi) is 6.49. The predicted octanol–water partition coefficient (Wildman–Crippen LogP) is 7.06. The highest BCUT2D eigenvalue weighted by molar-refractivity contribution is 6.30. The number of halogens is 4. The van der Waals surface area contributed by atoms with E-state index in [2.05, 4.69) is 29.2 Å². The Morgan fingerprint density at radius 1 is 0.903 bits per heavy atom. The molecule has 1 nitrogen and oxygen atoms in total. The molecule has 160 valence electrons. The Labute approximate surface area is 185 Å². The summed E-state index contributed by atoms with van der Waals surface area (Å²) in [6, 6.07) is 17.2. The van der Waals surface area contributed by atoms with Crippen molar-refractivity contribution in [2.45, 2.75) is 19.8 Å². The van der Waals surface area contributed by atoms with Crippen molar-refractivity contribution in [3.63, 3.8) is 0 Å². The van der Waals surface area contributed by atoms with Gasteiger partial charge < -0.3 is 0 Å². The van der Waals surface area contributed by atoms with Gasteiger partial charge in [0.2, 0.25) is 0 Å². The third-order valence-electron chi connectivity index (χ3n) is 5.86. The molecular weight excluding hydrogens is 419 g/mol. The topological polar surface area (TPSA) is 3.24 Å². The summed E-state index contributed by atoms with van der Waals surface area (Å²) in [7, 11) is 0. The Balaban J connectivity index is 1.36. The minimum absolute atomic E-state index is 0.175. The standard InChI is InChI=1S/C26H23ClF3N/c1-17-25(29)23(16-24(28)26(17)30)21-11-14-31(15-12-21)13-10-18-2-4-19(5-3-18)20-6-8-22(27)9-7-20/h2-9,11,16H,10,12-15H2,1H3. The van der Waals surface area contributed by atoms with Gasteiger partial charge in [0.1, 0.15) is 5.82 Å². The van der Waals surface area contributed by atoms with Crippen LogP contribution in [0.25, 0.3) is 16.7 Å². The first-order valence-electron chi connectivity index (χ1n) is 10.3. The maximum atomic E-state index is 14.4. The van der Waals surface area contributed by atoms with Crippen LogP contribution >= 0.6 is 11.6 Å². The van der Waals surface area contributed by atoms with Crippen LogP contribution in [0.1, 0.15) is 23.1 Å². The highest BCUT2D eigenvalue weighted by Gasteiger charge is 2.20. The third-order valence-corrected chi connectivity index (χ3v) is 6.12. The lowest BCUT2D eigenvalue weighted by atomic mass is 9.96. The summed E-state index contributed by atoms with van der Waals surface area (Å²) in [5.41, 5.74) is 4.17. The summed E-state index contributed by atoms with van der Waals surface area (Å²) in [5, 5.41) is 0.724. The Bertz CT molecular complexity index is 1100. The molecular formula is C26H23ClF3N. The second-order valence-corrected chi connectivity index (χ2v) is 8.33. The molecule has 1 aliphatic heterocycles. The maximum absolute atomic E-state index is 14.4. The molecule has 0 bridgehead atoms. The molecule has 4 rings (SSSR count). The van der Waals surface area contributed by atoms with Crippen LogP contribution in [0.3, 0.4) is 0 Å². The zero-order valence-corrected chi connectivity index (χ0v) is 18.0. The van der Waals surface area contributed by atoms with Crippen molar-refractivity contribution in [3.8, 4) is 11.1 Å². The first-order chi connectivity index (χ1) is 14.9. The van der Waals surface area contributed by atoms with E-state index in [9.17, 15) is 13.2 Å². The molecule has 0 spiro atoms. The monoisotopic (exact) mass is 441 g/mol. The molecule has 3 aromatic carbocycles. The average molecular weight is 442 g/mol. The van der Waals surface area contributed by atoms with Gasteiger partial charge in [-0.15, -0.1) is 0 Å². The van der Waals surface area contributed by atoms with Gasteiger partial charge in [0, 0.05) is 35.8 Å². The van der Waals surface area contributed by atoms with Crippen LogP contribution in [0.15, 0.2) is 60.7 Å². The van der Waals surface area contributed by atoms with Crippen LogP contribution in [0.4, 0.5) is 13.2 Å². The van der Waals surface area contributed by atoms with E-state index in [1.807, 2.05) is 30.3 Å². The van der Waals surface area contributed by atoms with Crippen LogP contribution in [-0.4, -0.2) is 24.5 Å². The first-order valence-corrected chi connectivity index (χ1v) is 10.7. The van der Waals surface area contributed by atoms with Gasteiger partial charge in [-0.1, -0.05) is 54.1 Å². The van der Waals surface area contributed by atoms with Crippen LogP contribution < -0.4 is 0 Å². The Morgan fingerprint density at radius 2 is 1.55 bits per heavy atom. The van der Waals surface area contributed by atoms with Crippen molar-refractivity contribution < 1.29 is 13.2 Å². The summed E-state index contributed by atoms with van der Waals surface area (Å²) >= 11 is 5.95. The van der Waals surface area contributed by atoms with Crippen LogP contribution in [0.5, 0.6) is 0 Å². The second-order valence-electron chi connectivity index (χ2n) is 7.89. The Hall–Kier alpha value is -2.56. The van der Waals surface area contributed by atoms with Gasteiger partial charge >= 0.3 is 0 Å². The van der Waals surface area contributed by atoms with Gasteiger partial charge in [-0.05, 0) is 60.2 Å². The molecule has 0 aliphatic carbocycles. The van der Waals surface area contributed by atoms with Crippen LogP contribution in [-0.2, 0) is 6.42 Å². The largest absolute Gasteiger partial charge is 0.299 e. The normalized spacial score (nSPS) is 14.5. The lowest BCUT2D eigenvalue weighted by Crippen LogP contribution is -2.30. The van der Waals surface area contributed by atoms with Gasteiger partial charge in [0.25, 0.3) is 0 Å². The second kappa shape index (κ2) is 9.29. The predicted molar refractivity (Wildman–Crippen MR) is 121 cm³/mol. The maximum Gasteiger partial charge on any atom is 0.164 e. The lowest BCUT2D eigenvalue weighted by Gasteiger charge is -2.27. The number of hydrogen-bond acceptors (Lipinski definition) is 1. The average Bonchev–Trinajstić information content (AvgIpc) is 2.80. The zero-order valence-electron chi connectivity index (χ0n) is 17.3. The van der Waals surface area contributed by atoms with E-state index in [1.165, 1.54) is 12.5 Å². The van der Waals surface area contributed by atoms with Gasteiger partial charge in [-0.3, -0.25) is 4.90 Å².